The van der Waals surface area contributed by atoms with E-state index in [1.54, 1.807) is 24.1 Å². The summed E-state index contributed by atoms with van der Waals surface area (Å²) < 4.78 is 11.9. The molecule has 0 saturated heterocycles. The highest BCUT2D eigenvalue weighted by molar-refractivity contribution is 5.71. The van der Waals surface area contributed by atoms with Crippen LogP contribution in [0.5, 0.6) is 0 Å². The lowest BCUT2D eigenvalue weighted by Crippen LogP contribution is -1.63. The van der Waals surface area contributed by atoms with Crippen molar-refractivity contribution in [2.24, 2.45) is 0 Å². The average molecular weight is 150 g/mol. The molecule has 0 spiro atoms. The van der Waals surface area contributed by atoms with Crippen LogP contribution < -0.4 is 0 Å². The molecule has 1 nitrogen and oxygen atoms in total. The summed E-state index contributed by atoms with van der Waals surface area (Å²) in [4.78, 5) is 8.94. The van der Waals surface area contributed by atoms with Crippen LogP contribution in [0.2, 0.25) is 0 Å². The Morgan fingerprint density at radius 1 is 1.36 bits per heavy atom. The topological polar surface area (TPSA) is 17.1 Å². The van der Waals surface area contributed by atoms with E-state index in [-0.39, 0.29) is 5.82 Å². The first-order chi connectivity index (χ1) is 5.31. The van der Waals surface area contributed by atoms with E-state index in [9.17, 15) is 4.39 Å². The smallest absolute Gasteiger partial charge is 0.192 e. The normalized spacial score (nSPS) is 6.91. The fourth-order valence-electron chi connectivity index (χ4n) is 0.415. The molecule has 1 aromatic rings. The highest BCUT2D eigenvalue weighted by Gasteiger charge is 1.77. The molecule has 0 unspecified atom stereocenters. The Balaban J connectivity index is 0.000000218. The maximum absolute atomic E-state index is 11.9. The number of carbonyl (C=O) groups is 1. The summed E-state index contributed by atoms with van der Waals surface area (Å²) >= 11 is 0. The van der Waals surface area contributed by atoms with Gasteiger partial charge in [-0.3, -0.25) is 4.79 Å². The van der Waals surface area contributed by atoms with Gasteiger partial charge in [0, 0.05) is 0 Å². The Bertz CT molecular complexity index is 235. The van der Waals surface area contributed by atoms with Gasteiger partial charge in [0.25, 0.3) is 0 Å². The van der Waals surface area contributed by atoms with Gasteiger partial charge in [0.05, 0.1) is 0 Å². The van der Waals surface area contributed by atoms with Crippen LogP contribution in [-0.4, -0.2) is 6.29 Å². The zero-order valence-electron chi connectivity index (χ0n) is 5.83. The van der Waals surface area contributed by atoms with Crippen LogP contribution in [0.1, 0.15) is 0 Å². The lowest BCUT2D eigenvalue weighted by atomic mass is 10.4. The van der Waals surface area contributed by atoms with Gasteiger partial charge in [0.1, 0.15) is 5.82 Å². The van der Waals surface area contributed by atoms with Gasteiger partial charge in [-0.2, -0.15) is 0 Å². The third kappa shape index (κ3) is 6.26. The number of hydrogen-bond donors (Lipinski definition) is 0. The summed E-state index contributed by atoms with van der Waals surface area (Å²) in [5.41, 5.74) is 0. The molecule has 0 fully saturated rings. The number of rotatable bonds is 0. The van der Waals surface area contributed by atoms with E-state index < -0.39 is 0 Å². The van der Waals surface area contributed by atoms with Crippen molar-refractivity contribution >= 4 is 6.29 Å². The second-order valence-corrected chi connectivity index (χ2v) is 1.58. The van der Waals surface area contributed by atoms with Crippen molar-refractivity contribution in [2.45, 2.75) is 0 Å². The number of aldehydes is 1. The standard InChI is InChI=1S/C6H5F.C3H2O/c7-6-4-2-1-3-5-6;1-2-3-4/h1-5H;1,3H. The van der Waals surface area contributed by atoms with Gasteiger partial charge < -0.3 is 0 Å². The minimum atomic E-state index is -0.178. The molecule has 1 aromatic carbocycles. The first-order valence-corrected chi connectivity index (χ1v) is 2.91. The van der Waals surface area contributed by atoms with Crippen molar-refractivity contribution in [3.05, 3.63) is 36.1 Å². The first-order valence-electron chi connectivity index (χ1n) is 2.91. The minimum absolute atomic E-state index is 0.178. The van der Waals surface area contributed by atoms with E-state index in [4.69, 9.17) is 4.79 Å². The van der Waals surface area contributed by atoms with Crippen molar-refractivity contribution in [1.82, 2.24) is 0 Å². The van der Waals surface area contributed by atoms with E-state index in [1.165, 1.54) is 12.1 Å². The Morgan fingerprint density at radius 2 is 1.82 bits per heavy atom. The molecule has 0 aliphatic heterocycles. The van der Waals surface area contributed by atoms with E-state index in [2.05, 4.69) is 6.42 Å². The molecule has 0 bridgehead atoms. The van der Waals surface area contributed by atoms with Gasteiger partial charge in [0.15, 0.2) is 6.29 Å². The molecule has 0 atom stereocenters. The molecule has 0 N–H and O–H groups in total. The molecule has 0 radical (unpaired) electrons. The molecule has 56 valence electrons. The second-order valence-electron chi connectivity index (χ2n) is 1.58. The van der Waals surface area contributed by atoms with Gasteiger partial charge in [-0.25, -0.2) is 4.39 Å². The quantitative estimate of drug-likeness (QED) is 0.406. The molecule has 0 aromatic heterocycles. The molecule has 2 heteroatoms. The van der Waals surface area contributed by atoms with Crippen molar-refractivity contribution < 1.29 is 9.18 Å². The summed E-state index contributed by atoms with van der Waals surface area (Å²) in [5, 5.41) is 0. The molecule has 1 rings (SSSR count). The van der Waals surface area contributed by atoms with E-state index >= 15 is 0 Å². The summed E-state index contributed by atoms with van der Waals surface area (Å²) in [6, 6.07) is 7.94. The number of terminal acetylenes is 1. The number of benzene rings is 1. The zero-order chi connectivity index (χ0) is 8.53. The van der Waals surface area contributed by atoms with Crippen LogP contribution in [-0.2, 0) is 4.79 Å². The molecule has 0 aliphatic carbocycles. The highest BCUT2D eigenvalue weighted by Crippen LogP contribution is 1.91. The fraction of sp³-hybridized carbons (Fsp3) is 0. The molecule has 11 heavy (non-hydrogen) atoms. The summed E-state index contributed by atoms with van der Waals surface area (Å²) in [6.07, 6.45) is 4.81. The molecular weight excluding hydrogens is 143 g/mol. The van der Waals surface area contributed by atoms with Gasteiger partial charge in [-0.1, -0.05) is 18.2 Å². The Labute approximate surface area is 64.9 Å². The maximum Gasteiger partial charge on any atom is 0.192 e. The van der Waals surface area contributed by atoms with Crippen LogP contribution in [0.25, 0.3) is 0 Å². The predicted octanol–water partition coefficient (Wildman–Crippen LogP) is 1.64. The Kier molecular flexibility index (Phi) is 5.54. The van der Waals surface area contributed by atoms with Gasteiger partial charge in [-0.05, 0) is 18.1 Å². The largest absolute Gasteiger partial charge is 0.289 e. The highest BCUT2D eigenvalue weighted by atomic mass is 19.1. The second kappa shape index (κ2) is 6.50. The average Bonchev–Trinajstić information content (AvgIpc) is 2.07. The van der Waals surface area contributed by atoms with Gasteiger partial charge in [-0.15, -0.1) is 6.42 Å². The van der Waals surface area contributed by atoms with E-state index in [1.807, 2.05) is 0 Å². The lowest BCUT2D eigenvalue weighted by molar-refractivity contribution is -0.103. The van der Waals surface area contributed by atoms with E-state index in [0.29, 0.717) is 6.29 Å². The van der Waals surface area contributed by atoms with Crippen LogP contribution in [0.15, 0.2) is 30.3 Å². The SMILES string of the molecule is C#CC=O.Fc1ccccc1. The number of hydrogen-bond acceptors (Lipinski definition) is 1. The Morgan fingerprint density at radius 3 is 2.00 bits per heavy atom. The third-order valence-electron chi connectivity index (χ3n) is 0.801. The van der Waals surface area contributed by atoms with Crippen LogP contribution >= 0.6 is 0 Å². The number of carbonyl (C=O) groups excluding carboxylic acids is 1. The van der Waals surface area contributed by atoms with Crippen molar-refractivity contribution in [3.63, 3.8) is 0 Å². The van der Waals surface area contributed by atoms with Gasteiger partial charge >= 0.3 is 0 Å². The van der Waals surface area contributed by atoms with Crippen LogP contribution in [0.3, 0.4) is 0 Å². The summed E-state index contributed by atoms with van der Waals surface area (Å²) in [7, 11) is 0. The van der Waals surface area contributed by atoms with Crippen LogP contribution in [0.4, 0.5) is 4.39 Å². The number of halogens is 1. The maximum atomic E-state index is 11.9. The fourth-order valence-corrected chi connectivity index (χ4v) is 0.415. The molecule has 0 aliphatic rings. The van der Waals surface area contributed by atoms with E-state index in [0.717, 1.165) is 0 Å². The van der Waals surface area contributed by atoms with Crippen molar-refractivity contribution in [2.75, 3.05) is 0 Å². The van der Waals surface area contributed by atoms with Crippen molar-refractivity contribution in [3.8, 4) is 12.3 Å². The molecule has 0 amide bonds. The van der Waals surface area contributed by atoms with Crippen LogP contribution in [0, 0.1) is 18.2 Å². The zero-order valence-corrected chi connectivity index (χ0v) is 5.83. The molecule has 0 heterocycles. The third-order valence-corrected chi connectivity index (χ3v) is 0.801. The lowest BCUT2D eigenvalue weighted by Gasteiger charge is -1.78. The molecular formula is C9H7FO. The first kappa shape index (κ1) is 9.38. The summed E-state index contributed by atoms with van der Waals surface area (Å²) in [5.74, 6) is 1.57. The Hall–Kier alpha value is -1.62. The summed E-state index contributed by atoms with van der Waals surface area (Å²) in [6.45, 7) is 0. The predicted molar refractivity (Wildman–Crippen MR) is 41.3 cm³/mol. The minimum Gasteiger partial charge on any atom is -0.289 e. The van der Waals surface area contributed by atoms with Gasteiger partial charge in [0.2, 0.25) is 0 Å². The van der Waals surface area contributed by atoms with Crippen molar-refractivity contribution in [1.29, 1.82) is 0 Å². The molecule has 0 saturated carbocycles. The monoisotopic (exact) mass is 150 g/mol.